The Morgan fingerprint density at radius 3 is 2.35 bits per heavy atom. The summed E-state index contributed by atoms with van der Waals surface area (Å²) < 4.78 is 48.0. The quantitative estimate of drug-likeness (QED) is 0.618. The van der Waals surface area contributed by atoms with Crippen molar-refractivity contribution in [3.63, 3.8) is 0 Å². The van der Waals surface area contributed by atoms with Crippen molar-refractivity contribution in [2.75, 3.05) is 45.9 Å². The average molecular weight is 441 g/mol. The van der Waals surface area contributed by atoms with Crippen LogP contribution in [0.15, 0.2) is 24.3 Å². The highest BCUT2D eigenvalue weighted by atomic mass is 19.4. The number of hydrogen-bond acceptors (Lipinski definition) is 4. The van der Waals surface area contributed by atoms with E-state index in [0.29, 0.717) is 12.0 Å². The van der Waals surface area contributed by atoms with Gasteiger partial charge in [-0.15, -0.1) is 13.2 Å². The first kappa shape index (κ1) is 22.9. The SMILES string of the molecule is FC(F)(F)Oc1cccc(C(CN2CCC(N3CCOCC3)CC2)C2CCCCC2)c1. The van der Waals surface area contributed by atoms with Crippen LogP contribution in [-0.2, 0) is 4.74 Å². The van der Waals surface area contributed by atoms with Crippen LogP contribution in [0.3, 0.4) is 0 Å². The van der Waals surface area contributed by atoms with Crippen molar-refractivity contribution in [3.05, 3.63) is 29.8 Å². The normalized spacial score (nSPS) is 24.2. The molecule has 1 aromatic carbocycles. The number of halogens is 3. The zero-order valence-corrected chi connectivity index (χ0v) is 18.3. The molecule has 1 aliphatic carbocycles. The summed E-state index contributed by atoms with van der Waals surface area (Å²) in [5.74, 6) is 0.695. The molecule has 2 saturated heterocycles. The van der Waals surface area contributed by atoms with Gasteiger partial charge in [0.2, 0.25) is 0 Å². The van der Waals surface area contributed by atoms with E-state index in [1.807, 2.05) is 6.07 Å². The lowest BCUT2D eigenvalue weighted by Crippen LogP contribution is -2.49. The molecule has 0 aromatic heterocycles. The molecule has 4 nitrogen and oxygen atoms in total. The van der Waals surface area contributed by atoms with Gasteiger partial charge in [-0.25, -0.2) is 0 Å². The van der Waals surface area contributed by atoms with Crippen molar-refractivity contribution in [3.8, 4) is 5.75 Å². The minimum Gasteiger partial charge on any atom is -0.406 e. The Bertz CT molecular complexity index is 680. The van der Waals surface area contributed by atoms with Gasteiger partial charge >= 0.3 is 6.36 Å². The zero-order valence-electron chi connectivity index (χ0n) is 18.3. The Hall–Kier alpha value is -1.31. The van der Waals surface area contributed by atoms with E-state index in [2.05, 4.69) is 14.5 Å². The summed E-state index contributed by atoms with van der Waals surface area (Å²) in [5, 5.41) is 0. The second-order valence-corrected chi connectivity index (χ2v) is 9.30. The molecule has 31 heavy (non-hydrogen) atoms. The molecule has 3 aliphatic rings. The number of piperidine rings is 1. The van der Waals surface area contributed by atoms with Crippen LogP contribution in [0, 0.1) is 5.92 Å². The molecule has 3 fully saturated rings. The van der Waals surface area contributed by atoms with Crippen LogP contribution in [0.25, 0.3) is 0 Å². The number of likely N-dealkylation sites (tertiary alicyclic amines) is 1. The summed E-state index contributed by atoms with van der Waals surface area (Å²) in [6, 6.07) is 7.35. The van der Waals surface area contributed by atoms with E-state index >= 15 is 0 Å². The summed E-state index contributed by atoms with van der Waals surface area (Å²) in [6.07, 6.45) is 3.71. The van der Waals surface area contributed by atoms with Gasteiger partial charge in [0.15, 0.2) is 0 Å². The zero-order chi connectivity index (χ0) is 21.7. The van der Waals surface area contributed by atoms with Gasteiger partial charge in [-0.2, -0.15) is 0 Å². The number of rotatable bonds is 6. The second-order valence-electron chi connectivity index (χ2n) is 9.30. The van der Waals surface area contributed by atoms with Crippen molar-refractivity contribution in [1.29, 1.82) is 0 Å². The lowest BCUT2D eigenvalue weighted by molar-refractivity contribution is -0.274. The number of alkyl halides is 3. The summed E-state index contributed by atoms with van der Waals surface area (Å²) in [6.45, 7) is 6.77. The van der Waals surface area contributed by atoms with Crippen LogP contribution in [0.5, 0.6) is 5.75 Å². The van der Waals surface area contributed by atoms with Gasteiger partial charge in [-0.1, -0.05) is 31.4 Å². The maximum atomic E-state index is 12.7. The fourth-order valence-electron chi connectivity index (χ4n) is 5.69. The average Bonchev–Trinajstić information content (AvgIpc) is 2.78. The number of morpholine rings is 1. The molecule has 0 N–H and O–H groups in total. The second kappa shape index (κ2) is 10.5. The highest BCUT2D eigenvalue weighted by Crippen LogP contribution is 2.38. The van der Waals surface area contributed by atoms with Crippen LogP contribution >= 0.6 is 0 Å². The Morgan fingerprint density at radius 1 is 0.968 bits per heavy atom. The molecule has 0 amide bonds. The van der Waals surface area contributed by atoms with Crippen molar-refractivity contribution in [1.82, 2.24) is 9.80 Å². The van der Waals surface area contributed by atoms with Crippen LogP contribution in [0.4, 0.5) is 13.2 Å². The summed E-state index contributed by atoms with van der Waals surface area (Å²) >= 11 is 0. The molecule has 7 heteroatoms. The molecule has 1 saturated carbocycles. The third kappa shape index (κ3) is 6.59. The van der Waals surface area contributed by atoms with E-state index in [4.69, 9.17) is 4.74 Å². The van der Waals surface area contributed by atoms with Gasteiger partial charge in [-0.05, 0) is 68.3 Å². The van der Waals surface area contributed by atoms with Crippen LogP contribution in [-0.4, -0.2) is 68.1 Å². The lowest BCUT2D eigenvalue weighted by atomic mass is 9.76. The molecule has 1 unspecified atom stereocenters. The monoisotopic (exact) mass is 440 g/mol. The van der Waals surface area contributed by atoms with Crippen LogP contribution in [0.1, 0.15) is 56.4 Å². The molecule has 0 spiro atoms. The van der Waals surface area contributed by atoms with Gasteiger partial charge in [0, 0.05) is 25.7 Å². The molecule has 0 radical (unpaired) electrons. The first-order chi connectivity index (χ1) is 15.0. The van der Waals surface area contributed by atoms with E-state index in [0.717, 1.165) is 64.3 Å². The molecule has 2 heterocycles. The van der Waals surface area contributed by atoms with Crippen molar-refractivity contribution < 1.29 is 22.6 Å². The van der Waals surface area contributed by atoms with E-state index in [-0.39, 0.29) is 11.7 Å². The van der Waals surface area contributed by atoms with Crippen LogP contribution in [0.2, 0.25) is 0 Å². The number of ether oxygens (including phenoxy) is 2. The van der Waals surface area contributed by atoms with Gasteiger partial charge in [0.25, 0.3) is 0 Å². The van der Waals surface area contributed by atoms with Crippen molar-refractivity contribution in [2.24, 2.45) is 5.92 Å². The van der Waals surface area contributed by atoms with Gasteiger partial charge < -0.3 is 14.4 Å². The fraction of sp³-hybridized carbons (Fsp3) is 0.750. The van der Waals surface area contributed by atoms with Crippen molar-refractivity contribution in [2.45, 2.75) is 63.3 Å². The molecule has 2 aliphatic heterocycles. The lowest BCUT2D eigenvalue weighted by Gasteiger charge is -2.42. The third-order valence-corrected chi connectivity index (χ3v) is 7.31. The Balaban J connectivity index is 1.42. The standard InChI is InChI=1S/C24H35F3N2O2/c25-24(26,27)31-22-8-4-7-20(17-22)23(19-5-2-1-3-6-19)18-28-11-9-21(10-12-28)29-13-15-30-16-14-29/h4,7-8,17,19,21,23H,1-3,5-6,9-16,18H2. The Labute approximate surface area is 183 Å². The maximum absolute atomic E-state index is 12.7. The Kier molecular flexibility index (Phi) is 7.77. The first-order valence-electron chi connectivity index (χ1n) is 11.9. The van der Waals surface area contributed by atoms with E-state index in [1.54, 1.807) is 12.1 Å². The highest BCUT2D eigenvalue weighted by Gasteiger charge is 2.33. The highest BCUT2D eigenvalue weighted by molar-refractivity contribution is 5.32. The number of nitrogens with zero attached hydrogens (tertiary/aromatic N) is 2. The largest absolute Gasteiger partial charge is 0.573 e. The van der Waals surface area contributed by atoms with Crippen LogP contribution < -0.4 is 4.74 Å². The predicted octanol–water partition coefficient (Wildman–Crippen LogP) is 5.05. The summed E-state index contributed by atoms with van der Waals surface area (Å²) in [7, 11) is 0. The predicted molar refractivity (Wildman–Crippen MR) is 114 cm³/mol. The smallest absolute Gasteiger partial charge is 0.406 e. The third-order valence-electron chi connectivity index (χ3n) is 7.31. The van der Waals surface area contributed by atoms with Gasteiger partial charge in [0.1, 0.15) is 5.75 Å². The van der Waals surface area contributed by atoms with Crippen molar-refractivity contribution >= 4 is 0 Å². The Morgan fingerprint density at radius 2 is 1.68 bits per heavy atom. The molecule has 1 atom stereocenters. The number of hydrogen-bond donors (Lipinski definition) is 0. The first-order valence-corrected chi connectivity index (χ1v) is 11.9. The molecular formula is C24H35F3N2O2. The minimum atomic E-state index is -4.65. The topological polar surface area (TPSA) is 24.9 Å². The molecule has 1 aromatic rings. The van der Waals surface area contributed by atoms with E-state index < -0.39 is 6.36 Å². The fourth-order valence-corrected chi connectivity index (χ4v) is 5.69. The minimum absolute atomic E-state index is 0.100. The maximum Gasteiger partial charge on any atom is 0.573 e. The van der Waals surface area contributed by atoms with Gasteiger partial charge in [0.05, 0.1) is 13.2 Å². The molecular weight excluding hydrogens is 405 g/mol. The molecule has 4 rings (SSSR count). The molecule has 0 bridgehead atoms. The number of benzene rings is 1. The summed E-state index contributed by atoms with van der Waals surface area (Å²) in [5.41, 5.74) is 0.990. The van der Waals surface area contributed by atoms with E-state index in [9.17, 15) is 13.2 Å². The molecule has 174 valence electrons. The van der Waals surface area contributed by atoms with Gasteiger partial charge in [-0.3, -0.25) is 4.90 Å². The summed E-state index contributed by atoms with van der Waals surface area (Å²) in [4.78, 5) is 5.10. The van der Waals surface area contributed by atoms with E-state index in [1.165, 1.54) is 38.2 Å².